The van der Waals surface area contributed by atoms with Gasteiger partial charge >= 0.3 is 6.18 Å². The predicted octanol–water partition coefficient (Wildman–Crippen LogP) is 4.93. The van der Waals surface area contributed by atoms with E-state index in [-0.39, 0.29) is 24.3 Å². The maximum atomic E-state index is 13.0. The summed E-state index contributed by atoms with van der Waals surface area (Å²) in [6.07, 6.45) is -0.587. The number of amides is 1. The molecule has 4 aromatic rings. The quantitative estimate of drug-likeness (QED) is 0.339. The number of piperazine rings is 1. The van der Waals surface area contributed by atoms with Crippen molar-refractivity contribution in [2.75, 3.05) is 13.1 Å². The Morgan fingerprint density at radius 1 is 1.02 bits per heavy atom. The van der Waals surface area contributed by atoms with Crippen molar-refractivity contribution in [3.63, 3.8) is 0 Å². The highest BCUT2D eigenvalue weighted by Crippen LogP contribution is 2.33. The van der Waals surface area contributed by atoms with Crippen molar-refractivity contribution in [1.29, 1.82) is 0 Å². The molecule has 40 heavy (non-hydrogen) atoms. The summed E-state index contributed by atoms with van der Waals surface area (Å²) in [6.45, 7) is 3.83. The lowest BCUT2D eigenvalue weighted by molar-refractivity contribution is -0.137. The van der Waals surface area contributed by atoms with Crippen molar-refractivity contribution >= 4 is 22.7 Å². The zero-order valence-electron chi connectivity index (χ0n) is 21.6. The predicted molar refractivity (Wildman–Crippen MR) is 140 cm³/mol. The van der Waals surface area contributed by atoms with Crippen LogP contribution < -0.4 is 4.74 Å². The van der Waals surface area contributed by atoms with E-state index < -0.39 is 11.7 Å². The molecule has 2 bridgehead atoms. The maximum absolute atomic E-state index is 13.0. The second kappa shape index (κ2) is 10.1. The molecule has 2 fully saturated rings. The lowest BCUT2D eigenvalue weighted by atomic mass is 10.1. The first-order valence-electron chi connectivity index (χ1n) is 12.9. The van der Waals surface area contributed by atoms with Gasteiger partial charge in [-0.05, 0) is 42.3 Å². The number of benzene rings is 2. The molecule has 0 radical (unpaired) electrons. The van der Waals surface area contributed by atoms with Crippen molar-refractivity contribution in [1.82, 2.24) is 24.3 Å². The number of aromatic nitrogens is 3. The molecule has 2 aromatic heterocycles. The Morgan fingerprint density at radius 3 is 2.62 bits per heavy atom. The number of likely N-dealkylation sites (tertiary alicyclic amines) is 2. The number of fused-ring (bicyclic) bond motifs is 3. The van der Waals surface area contributed by atoms with Gasteiger partial charge in [-0.2, -0.15) is 13.2 Å². The molecule has 0 N–H and O–H groups in total. The lowest BCUT2D eigenvalue weighted by Crippen LogP contribution is -2.47. The van der Waals surface area contributed by atoms with Crippen LogP contribution in [0.4, 0.5) is 13.2 Å². The minimum atomic E-state index is -4.47. The molecule has 2 saturated heterocycles. The van der Waals surface area contributed by atoms with E-state index in [9.17, 15) is 22.8 Å². The molecule has 206 valence electrons. The Morgan fingerprint density at radius 2 is 1.88 bits per heavy atom. The highest BCUT2D eigenvalue weighted by molar-refractivity contribution is 5.94. The van der Waals surface area contributed by atoms with Crippen LogP contribution in [-0.4, -0.2) is 61.3 Å². The molecule has 2 atom stereocenters. The normalized spacial score (nSPS) is 18.9. The fourth-order valence-corrected chi connectivity index (χ4v) is 5.70. The Labute approximate surface area is 228 Å². The second-order valence-corrected chi connectivity index (χ2v) is 10.3. The average Bonchev–Trinajstić information content (AvgIpc) is 3.63. The standard InChI is InChI=1S/C29H26F3N5O3/c1-18(38)37-16-23-13-24(37)15-35(23)14-22-12-27(34-17-33-22)40-25-5-6-26-20(11-25)7-8-36(26)28(39)10-19-3-2-4-21(9-19)29(30,31)32/h2-9,11-12,17,23-24H,10,13-16H2,1H3/t23-,24-/m0/s1. The van der Waals surface area contributed by atoms with Crippen LogP contribution in [0, 0.1) is 0 Å². The van der Waals surface area contributed by atoms with Crippen LogP contribution in [0.25, 0.3) is 10.9 Å². The van der Waals surface area contributed by atoms with E-state index in [1.54, 1.807) is 43.5 Å². The largest absolute Gasteiger partial charge is 0.439 e. The van der Waals surface area contributed by atoms with Gasteiger partial charge in [-0.15, -0.1) is 0 Å². The first-order valence-corrected chi connectivity index (χ1v) is 12.9. The SMILES string of the molecule is CC(=O)N1C[C@@H]2C[C@H]1CN2Cc1cc(Oc2ccc3c(ccn3C(=O)Cc3cccc(C(F)(F)F)c3)c2)ncn1. The number of carbonyl (C=O) groups is 2. The third kappa shape index (κ3) is 5.16. The number of hydrogen-bond acceptors (Lipinski definition) is 6. The van der Waals surface area contributed by atoms with Crippen LogP contribution in [0.1, 0.15) is 35.0 Å². The molecule has 2 aliphatic rings. The fraction of sp³-hybridized carbons (Fsp3) is 0.310. The summed E-state index contributed by atoms with van der Waals surface area (Å²) in [6, 6.07) is 14.2. The molecule has 0 aliphatic carbocycles. The lowest BCUT2D eigenvalue weighted by Gasteiger charge is -2.33. The summed E-state index contributed by atoms with van der Waals surface area (Å²) in [5.41, 5.74) is 0.951. The summed E-state index contributed by atoms with van der Waals surface area (Å²) in [5.74, 6) is 0.694. The number of ether oxygens (including phenoxy) is 1. The summed E-state index contributed by atoms with van der Waals surface area (Å²) in [4.78, 5) is 37.6. The Balaban J connectivity index is 1.12. The van der Waals surface area contributed by atoms with E-state index in [0.29, 0.717) is 35.3 Å². The van der Waals surface area contributed by atoms with Gasteiger partial charge in [0, 0.05) is 56.3 Å². The highest BCUT2D eigenvalue weighted by atomic mass is 19.4. The van der Waals surface area contributed by atoms with Gasteiger partial charge in [0.2, 0.25) is 17.7 Å². The summed E-state index contributed by atoms with van der Waals surface area (Å²) < 4.78 is 46.5. The van der Waals surface area contributed by atoms with Crippen LogP contribution >= 0.6 is 0 Å². The molecule has 6 rings (SSSR count). The van der Waals surface area contributed by atoms with Crippen molar-refractivity contribution in [3.05, 3.63) is 83.9 Å². The summed E-state index contributed by atoms with van der Waals surface area (Å²) >= 11 is 0. The molecule has 11 heteroatoms. The van der Waals surface area contributed by atoms with Gasteiger partial charge in [-0.25, -0.2) is 9.97 Å². The first kappa shape index (κ1) is 26.0. The van der Waals surface area contributed by atoms with Gasteiger partial charge in [0.15, 0.2) is 0 Å². The van der Waals surface area contributed by atoms with Crippen molar-refractivity contribution in [2.45, 2.75) is 44.6 Å². The number of halogens is 3. The highest BCUT2D eigenvalue weighted by Gasteiger charge is 2.44. The van der Waals surface area contributed by atoms with Gasteiger partial charge in [-0.1, -0.05) is 18.2 Å². The van der Waals surface area contributed by atoms with Crippen LogP contribution in [0.5, 0.6) is 11.6 Å². The average molecular weight is 550 g/mol. The molecular weight excluding hydrogens is 523 g/mol. The van der Waals surface area contributed by atoms with Gasteiger partial charge < -0.3 is 9.64 Å². The minimum absolute atomic E-state index is 0.122. The molecule has 0 saturated carbocycles. The molecule has 0 spiro atoms. The zero-order chi connectivity index (χ0) is 28.0. The summed E-state index contributed by atoms with van der Waals surface area (Å²) in [5, 5.41) is 0.743. The van der Waals surface area contributed by atoms with E-state index in [0.717, 1.165) is 42.7 Å². The molecule has 4 heterocycles. The molecule has 0 unspecified atom stereocenters. The number of rotatable bonds is 6. The smallest absolute Gasteiger partial charge is 0.416 e. The van der Waals surface area contributed by atoms with Crippen LogP contribution in [0.2, 0.25) is 0 Å². The summed E-state index contributed by atoms with van der Waals surface area (Å²) in [7, 11) is 0. The third-order valence-corrected chi connectivity index (χ3v) is 7.58. The Bertz CT molecular complexity index is 1600. The van der Waals surface area contributed by atoms with E-state index in [2.05, 4.69) is 14.9 Å². The number of alkyl halides is 3. The van der Waals surface area contributed by atoms with E-state index >= 15 is 0 Å². The Hall–Kier alpha value is -4.25. The number of carbonyl (C=O) groups excluding carboxylic acids is 2. The van der Waals surface area contributed by atoms with Crippen LogP contribution in [0.3, 0.4) is 0 Å². The third-order valence-electron chi connectivity index (χ3n) is 7.58. The first-order chi connectivity index (χ1) is 19.1. The van der Waals surface area contributed by atoms with Crippen molar-refractivity contribution < 1.29 is 27.5 Å². The van der Waals surface area contributed by atoms with Gasteiger partial charge in [0.1, 0.15) is 12.1 Å². The maximum Gasteiger partial charge on any atom is 0.416 e. The molecule has 1 amide bonds. The fourth-order valence-electron chi connectivity index (χ4n) is 5.70. The monoisotopic (exact) mass is 549 g/mol. The Kier molecular flexibility index (Phi) is 6.53. The van der Waals surface area contributed by atoms with Crippen molar-refractivity contribution in [3.8, 4) is 11.6 Å². The molecule has 2 aromatic carbocycles. The molecule has 8 nitrogen and oxygen atoms in total. The van der Waals surface area contributed by atoms with Gasteiger partial charge in [0.25, 0.3) is 0 Å². The number of nitrogens with zero attached hydrogens (tertiary/aromatic N) is 5. The van der Waals surface area contributed by atoms with Crippen molar-refractivity contribution in [2.24, 2.45) is 0 Å². The van der Waals surface area contributed by atoms with Crippen LogP contribution in [-0.2, 0) is 23.9 Å². The molecule has 2 aliphatic heterocycles. The van der Waals surface area contributed by atoms with E-state index in [1.165, 1.54) is 23.0 Å². The van der Waals surface area contributed by atoms with E-state index in [4.69, 9.17) is 4.74 Å². The molecular formula is C29H26F3N5O3. The van der Waals surface area contributed by atoms with Gasteiger partial charge in [-0.3, -0.25) is 19.1 Å². The second-order valence-electron chi connectivity index (χ2n) is 10.3. The van der Waals surface area contributed by atoms with E-state index in [1.807, 2.05) is 4.90 Å². The zero-order valence-corrected chi connectivity index (χ0v) is 21.6. The number of hydrogen-bond donors (Lipinski definition) is 0. The van der Waals surface area contributed by atoms with Crippen LogP contribution in [0.15, 0.2) is 67.1 Å². The topological polar surface area (TPSA) is 80.6 Å². The minimum Gasteiger partial charge on any atom is -0.439 e. The van der Waals surface area contributed by atoms with Gasteiger partial charge in [0.05, 0.1) is 23.2 Å².